The van der Waals surface area contributed by atoms with E-state index in [1.165, 1.54) is 24.8 Å². The molecule has 2 N–H and O–H groups in total. The number of piperidine rings is 1. The first-order valence-corrected chi connectivity index (χ1v) is 17.0. The number of methoxy groups -OCH3 is 2. The van der Waals surface area contributed by atoms with Gasteiger partial charge in [0.1, 0.15) is 11.8 Å². The number of benzene rings is 3. The number of hydrogen-bond acceptors (Lipinski definition) is 6. The van der Waals surface area contributed by atoms with E-state index in [-0.39, 0.29) is 18.4 Å². The van der Waals surface area contributed by atoms with Crippen LogP contribution in [0.25, 0.3) is 0 Å². The lowest BCUT2D eigenvalue weighted by atomic mass is 9.75. The molecule has 0 bridgehead atoms. The van der Waals surface area contributed by atoms with E-state index in [1.54, 1.807) is 25.2 Å². The van der Waals surface area contributed by atoms with Gasteiger partial charge in [-0.1, -0.05) is 67.8 Å². The van der Waals surface area contributed by atoms with Gasteiger partial charge in [0.25, 0.3) is 0 Å². The van der Waals surface area contributed by atoms with Crippen molar-refractivity contribution in [1.82, 2.24) is 4.90 Å². The van der Waals surface area contributed by atoms with Crippen LogP contribution in [0.1, 0.15) is 80.4 Å². The van der Waals surface area contributed by atoms with Crippen molar-refractivity contribution in [1.29, 1.82) is 0 Å². The average Bonchev–Trinajstić information content (AvgIpc) is 3.12. The standard InChI is InChI=1S/C20H27NO3.C19H22O5/c22-19(21-14-8-7-13-17(21)20(23)24)18(15-9-3-1-4-10-15)16-11-5-2-6-12-16;1-22-17-10-9-15(12-18(17)23-2)6-3-5-14-7-4-8-16(11-14)24-13-19(20)21/h1,3-4,9-10,16-18H,2,5-8,11-14H2,(H,23,24);4,7-12H,3,5-6,13H2,1-2H3,(H,20,21). The lowest BCUT2D eigenvalue weighted by molar-refractivity contribution is -0.153. The summed E-state index contributed by atoms with van der Waals surface area (Å²) in [7, 11) is 3.25. The van der Waals surface area contributed by atoms with Gasteiger partial charge in [-0.05, 0) is 98.2 Å². The molecular weight excluding hydrogens is 610 g/mol. The van der Waals surface area contributed by atoms with E-state index in [9.17, 15) is 19.5 Å². The molecule has 3 aromatic rings. The summed E-state index contributed by atoms with van der Waals surface area (Å²) >= 11 is 0. The maximum Gasteiger partial charge on any atom is 0.341 e. The summed E-state index contributed by atoms with van der Waals surface area (Å²) < 4.78 is 15.7. The third-order valence-corrected chi connectivity index (χ3v) is 9.26. The van der Waals surface area contributed by atoms with Gasteiger partial charge in [0.15, 0.2) is 18.1 Å². The number of carbonyl (C=O) groups excluding carboxylic acids is 1. The molecule has 1 heterocycles. The highest BCUT2D eigenvalue weighted by Gasteiger charge is 2.39. The van der Waals surface area contributed by atoms with E-state index in [1.807, 2.05) is 66.7 Å². The van der Waals surface area contributed by atoms with Crippen LogP contribution in [0.3, 0.4) is 0 Å². The second-order valence-corrected chi connectivity index (χ2v) is 12.5. The van der Waals surface area contributed by atoms with Crippen LogP contribution in [0.5, 0.6) is 17.2 Å². The van der Waals surface area contributed by atoms with Gasteiger partial charge >= 0.3 is 11.9 Å². The molecule has 0 aromatic heterocycles. The highest BCUT2D eigenvalue weighted by molar-refractivity contribution is 5.88. The average molecular weight is 660 g/mol. The van der Waals surface area contributed by atoms with Gasteiger partial charge in [-0.25, -0.2) is 9.59 Å². The van der Waals surface area contributed by atoms with Gasteiger partial charge < -0.3 is 29.3 Å². The molecule has 2 aliphatic rings. The zero-order valence-corrected chi connectivity index (χ0v) is 28.1. The van der Waals surface area contributed by atoms with Crippen molar-refractivity contribution in [2.24, 2.45) is 5.92 Å². The molecule has 0 spiro atoms. The minimum atomic E-state index is -0.978. The zero-order valence-electron chi connectivity index (χ0n) is 28.1. The van der Waals surface area contributed by atoms with E-state index in [0.717, 1.165) is 67.6 Å². The summed E-state index contributed by atoms with van der Waals surface area (Å²) in [5, 5.41) is 18.2. The zero-order chi connectivity index (χ0) is 34.3. The number of carboxylic acids is 2. The van der Waals surface area contributed by atoms with Gasteiger partial charge in [-0.2, -0.15) is 0 Å². The maximum absolute atomic E-state index is 13.4. The van der Waals surface area contributed by atoms with E-state index in [2.05, 4.69) is 0 Å². The summed E-state index contributed by atoms with van der Waals surface area (Å²) in [5.41, 5.74) is 3.36. The van der Waals surface area contributed by atoms with Crippen LogP contribution >= 0.6 is 0 Å². The Bertz CT molecular complexity index is 1470. The largest absolute Gasteiger partial charge is 0.493 e. The van der Waals surface area contributed by atoms with E-state index in [4.69, 9.17) is 19.3 Å². The number of rotatable bonds is 13. The molecule has 2 atom stereocenters. The third-order valence-electron chi connectivity index (χ3n) is 9.26. The van der Waals surface area contributed by atoms with Crippen molar-refractivity contribution in [3.8, 4) is 17.2 Å². The fourth-order valence-electron chi connectivity index (χ4n) is 6.84. The first-order chi connectivity index (χ1) is 23.3. The molecule has 9 nitrogen and oxygen atoms in total. The summed E-state index contributed by atoms with van der Waals surface area (Å²) in [6.07, 6.45) is 10.9. The fraction of sp³-hybridized carbons (Fsp3) is 0.462. The highest BCUT2D eigenvalue weighted by Crippen LogP contribution is 2.38. The second-order valence-electron chi connectivity index (χ2n) is 12.5. The molecule has 1 saturated carbocycles. The summed E-state index contributed by atoms with van der Waals surface area (Å²) in [4.78, 5) is 37.2. The molecule has 3 aromatic carbocycles. The fourth-order valence-corrected chi connectivity index (χ4v) is 6.84. The van der Waals surface area contributed by atoms with E-state index >= 15 is 0 Å². The summed E-state index contributed by atoms with van der Waals surface area (Å²) in [5.74, 6) is 0.383. The number of carbonyl (C=O) groups is 3. The van der Waals surface area contributed by atoms with Crippen LogP contribution in [-0.2, 0) is 27.2 Å². The Morgan fingerprint density at radius 3 is 2.12 bits per heavy atom. The van der Waals surface area contributed by atoms with Crippen LogP contribution in [0.2, 0.25) is 0 Å². The first-order valence-electron chi connectivity index (χ1n) is 17.0. The quantitative estimate of drug-likeness (QED) is 0.198. The number of carboxylic acid groups (broad SMARTS) is 2. The van der Waals surface area contributed by atoms with Crippen molar-refractivity contribution >= 4 is 17.8 Å². The minimum absolute atomic E-state index is 0.0280. The van der Waals surface area contributed by atoms with Gasteiger partial charge in [0.2, 0.25) is 5.91 Å². The van der Waals surface area contributed by atoms with Crippen LogP contribution < -0.4 is 14.2 Å². The summed E-state index contributed by atoms with van der Waals surface area (Å²) in [6, 6.07) is 22.8. The Hall–Kier alpha value is -4.53. The van der Waals surface area contributed by atoms with Gasteiger partial charge in [0.05, 0.1) is 20.1 Å². The molecule has 48 heavy (non-hydrogen) atoms. The van der Waals surface area contributed by atoms with Crippen molar-refractivity contribution in [2.75, 3.05) is 27.4 Å². The van der Waals surface area contributed by atoms with Crippen LogP contribution in [0, 0.1) is 5.92 Å². The Balaban J connectivity index is 0.000000217. The molecule has 0 radical (unpaired) electrons. The van der Waals surface area contributed by atoms with Crippen molar-refractivity contribution < 1.29 is 38.8 Å². The number of ether oxygens (including phenoxy) is 3. The van der Waals surface area contributed by atoms with Gasteiger partial charge in [-0.15, -0.1) is 0 Å². The second kappa shape index (κ2) is 18.7. The lowest BCUT2D eigenvalue weighted by Crippen LogP contribution is -2.50. The minimum Gasteiger partial charge on any atom is -0.493 e. The number of nitrogens with zero attached hydrogens (tertiary/aromatic N) is 1. The molecule has 258 valence electrons. The predicted molar refractivity (Wildman–Crippen MR) is 184 cm³/mol. The van der Waals surface area contributed by atoms with Gasteiger partial charge in [-0.3, -0.25) is 4.79 Å². The molecular formula is C39H49NO8. The molecule has 1 aliphatic heterocycles. The normalized spacial score (nSPS) is 17.0. The topological polar surface area (TPSA) is 123 Å². The molecule has 1 amide bonds. The lowest BCUT2D eigenvalue weighted by Gasteiger charge is -2.38. The smallest absolute Gasteiger partial charge is 0.341 e. The van der Waals surface area contributed by atoms with Crippen LogP contribution in [-0.4, -0.2) is 66.4 Å². The Labute approximate surface area is 283 Å². The van der Waals surface area contributed by atoms with E-state index in [0.29, 0.717) is 24.6 Å². The van der Waals surface area contributed by atoms with Crippen molar-refractivity contribution in [2.45, 2.75) is 82.6 Å². The molecule has 5 rings (SSSR count). The third kappa shape index (κ3) is 10.5. The molecule has 2 unspecified atom stereocenters. The number of aliphatic carboxylic acids is 2. The predicted octanol–water partition coefficient (Wildman–Crippen LogP) is 7.16. The monoisotopic (exact) mass is 659 g/mol. The Morgan fingerprint density at radius 1 is 0.771 bits per heavy atom. The van der Waals surface area contributed by atoms with Crippen molar-refractivity contribution in [3.63, 3.8) is 0 Å². The molecule has 2 fully saturated rings. The van der Waals surface area contributed by atoms with E-state index < -0.39 is 18.0 Å². The van der Waals surface area contributed by atoms with Crippen LogP contribution in [0.4, 0.5) is 0 Å². The molecule has 1 aliphatic carbocycles. The SMILES string of the molecule is COc1ccc(CCCc2cccc(OCC(=O)O)c2)cc1OC.O=C(O)C1CCCCN1C(=O)C(c1ccccc1)C1CCCCC1. The Morgan fingerprint density at radius 2 is 1.46 bits per heavy atom. The maximum atomic E-state index is 13.4. The number of hydrogen-bond donors (Lipinski definition) is 2. The molecule has 9 heteroatoms. The van der Waals surface area contributed by atoms with Crippen LogP contribution in [0.15, 0.2) is 72.8 Å². The van der Waals surface area contributed by atoms with Crippen molar-refractivity contribution in [3.05, 3.63) is 89.5 Å². The number of aryl methyl sites for hydroxylation is 2. The number of amides is 1. The summed E-state index contributed by atoms with van der Waals surface area (Å²) in [6.45, 7) is 0.251. The molecule has 1 saturated heterocycles. The Kier molecular flexibility index (Phi) is 14.2. The number of likely N-dealkylation sites (tertiary alicyclic amines) is 1. The van der Waals surface area contributed by atoms with Gasteiger partial charge in [0, 0.05) is 6.54 Å². The first kappa shape index (κ1) is 36.3. The highest BCUT2D eigenvalue weighted by atomic mass is 16.5.